The van der Waals surface area contributed by atoms with Crippen LogP contribution in [0.15, 0.2) is 17.5 Å². The number of carbonyl (C=O) groups excluding carboxylic acids is 1. The first-order valence-corrected chi connectivity index (χ1v) is 5.87. The molecule has 1 unspecified atom stereocenters. The number of piperidine rings is 1. The van der Waals surface area contributed by atoms with Crippen LogP contribution in [-0.4, -0.2) is 17.4 Å². The molecule has 1 aromatic rings. The van der Waals surface area contributed by atoms with Crippen molar-refractivity contribution in [1.29, 1.82) is 5.26 Å². The van der Waals surface area contributed by atoms with Gasteiger partial charge < -0.3 is 4.90 Å². The van der Waals surface area contributed by atoms with Crippen molar-refractivity contribution < 1.29 is 4.79 Å². The molecule has 1 amide bonds. The normalized spacial score (nSPS) is 21.4. The van der Waals surface area contributed by atoms with E-state index in [4.69, 9.17) is 5.26 Å². The summed E-state index contributed by atoms with van der Waals surface area (Å²) in [6.07, 6.45) is 1.24. The Bertz CT molecular complexity index is 380. The maximum absolute atomic E-state index is 11.6. The van der Waals surface area contributed by atoms with Gasteiger partial charge in [-0.05, 0) is 17.9 Å². The fraction of sp³-hybridized carbons (Fsp3) is 0.455. The van der Waals surface area contributed by atoms with Crippen LogP contribution >= 0.6 is 11.3 Å². The highest BCUT2D eigenvalue weighted by molar-refractivity contribution is 7.09. The molecule has 0 aromatic carbocycles. The number of nitrogens with zero attached hydrogens (tertiary/aromatic N) is 2. The quantitative estimate of drug-likeness (QED) is 0.765. The van der Waals surface area contributed by atoms with E-state index in [2.05, 4.69) is 6.07 Å². The van der Waals surface area contributed by atoms with Crippen LogP contribution in [0.5, 0.6) is 0 Å². The van der Waals surface area contributed by atoms with Gasteiger partial charge in [-0.15, -0.1) is 11.3 Å². The molecule has 3 nitrogen and oxygen atoms in total. The van der Waals surface area contributed by atoms with E-state index in [1.165, 1.54) is 4.88 Å². The fourth-order valence-electron chi connectivity index (χ4n) is 1.76. The first-order chi connectivity index (χ1) is 7.29. The molecule has 0 N–H and O–H groups in total. The Morgan fingerprint density at radius 3 is 3.20 bits per heavy atom. The molecule has 2 rings (SSSR count). The Morgan fingerprint density at radius 1 is 1.67 bits per heavy atom. The van der Waals surface area contributed by atoms with Crippen molar-refractivity contribution in [1.82, 2.24) is 4.90 Å². The van der Waals surface area contributed by atoms with Crippen molar-refractivity contribution in [3.63, 3.8) is 0 Å². The third-order valence-corrected chi connectivity index (χ3v) is 3.47. The number of thiophene rings is 1. The van der Waals surface area contributed by atoms with E-state index >= 15 is 0 Å². The van der Waals surface area contributed by atoms with Crippen LogP contribution in [0.25, 0.3) is 0 Å². The maximum Gasteiger partial charge on any atom is 0.222 e. The molecule has 0 aliphatic carbocycles. The second-order valence-electron chi connectivity index (χ2n) is 3.72. The van der Waals surface area contributed by atoms with Crippen LogP contribution in [0.1, 0.15) is 17.7 Å². The molecule has 0 saturated carbocycles. The minimum atomic E-state index is 0.0164. The zero-order chi connectivity index (χ0) is 10.7. The summed E-state index contributed by atoms with van der Waals surface area (Å²) >= 11 is 1.65. The van der Waals surface area contributed by atoms with Gasteiger partial charge in [-0.25, -0.2) is 0 Å². The van der Waals surface area contributed by atoms with Gasteiger partial charge in [0.05, 0.1) is 18.5 Å². The zero-order valence-electron chi connectivity index (χ0n) is 8.35. The van der Waals surface area contributed by atoms with Gasteiger partial charge >= 0.3 is 0 Å². The SMILES string of the molecule is N#CC1CCC(=O)N(Cc2cccs2)C1. The Hall–Kier alpha value is -1.34. The van der Waals surface area contributed by atoms with E-state index in [0.29, 0.717) is 19.5 Å². The van der Waals surface area contributed by atoms with Gasteiger partial charge in [0, 0.05) is 17.8 Å². The highest BCUT2D eigenvalue weighted by Crippen LogP contribution is 2.20. The predicted molar refractivity (Wildman–Crippen MR) is 58.1 cm³/mol. The van der Waals surface area contributed by atoms with Crippen LogP contribution < -0.4 is 0 Å². The molecular formula is C11H12N2OS. The Morgan fingerprint density at radius 2 is 2.53 bits per heavy atom. The molecule has 1 fully saturated rings. The standard InChI is InChI=1S/C11H12N2OS/c12-6-9-3-4-11(14)13(7-9)8-10-2-1-5-15-10/h1-2,5,9H,3-4,7-8H2. The average molecular weight is 220 g/mol. The lowest BCUT2D eigenvalue weighted by molar-refractivity contribution is -0.134. The number of carbonyl (C=O) groups is 1. The van der Waals surface area contributed by atoms with Crippen molar-refractivity contribution in [3.8, 4) is 6.07 Å². The molecule has 1 aromatic heterocycles. The van der Waals surface area contributed by atoms with Gasteiger partial charge in [0.15, 0.2) is 0 Å². The van der Waals surface area contributed by atoms with Gasteiger partial charge in [0.2, 0.25) is 5.91 Å². The first-order valence-electron chi connectivity index (χ1n) is 4.99. The number of likely N-dealkylation sites (tertiary alicyclic amines) is 1. The molecule has 1 aliphatic heterocycles. The maximum atomic E-state index is 11.6. The molecule has 0 spiro atoms. The van der Waals surface area contributed by atoms with E-state index in [0.717, 1.165) is 6.42 Å². The first kappa shape index (κ1) is 10.2. The molecule has 1 aliphatic rings. The molecule has 0 bridgehead atoms. The molecular weight excluding hydrogens is 208 g/mol. The molecule has 4 heteroatoms. The minimum Gasteiger partial charge on any atom is -0.336 e. The molecule has 15 heavy (non-hydrogen) atoms. The Labute approximate surface area is 92.9 Å². The smallest absolute Gasteiger partial charge is 0.222 e. The predicted octanol–water partition coefficient (Wildman–Crippen LogP) is 2.01. The highest BCUT2D eigenvalue weighted by atomic mass is 32.1. The fourth-order valence-corrected chi connectivity index (χ4v) is 2.48. The number of nitriles is 1. The lowest BCUT2D eigenvalue weighted by Crippen LogP contribution is -2.38. The van der Waals surface area contributed by atoms with Crippen molar-refractivity contribution in [2.24, 2.45) is 5.92 Å². The molecule has 1 atom stereocenters. The summed E-state index contributed by atoms with van der Waals surface area (Å²) in [5.74, 6) is 0.192. The third kappa shape index (κ3) is 2.37. The van der Waals surface area contributed by atoms with Crippen molar-refractivity contribution in [2.45, 2.75) is 19.4 Å². The summed E-state index contributed by atoms with van der Waals surface area (Å²) in [6.45, 7) is 1.25. The highest BCUT2D eigenvalue weighted by Gasteiger charge is 2.25. The largest absolute Gasteiger partial charge is 0.336 e. The summed E-state index contributed by atoms with van der Waals surface area (Å²) in [5.41, 5.74) is 0. The van der Waals surface area contributed by atoms with Crippen molar-refractivity contribution >= 4 is 17.2 Å². The van der Waals surface area contributed by atoms with E-state index in [9.17, 15) is 4.79 Å². The number of hydrogen-bond acceptors (Lipinski definition) is 3. The summed E-state index contributed by atoms with van der Waals surface area (Å²) < 4.78 is 0. The zero-order valence-corrected chi connectivity index (χ0v) is 9.17. The van der Waals surface area contributed by atoms with Crippen LogP contribution in [0.3, 0.4) is 0 Å². The van der Waals surface area contributed by atoms with Gasteiger partial charge in [0.1, 0.15) is 0 Å². The molecule has 2 heterocycles. The number of amides is 1. The number of hydrogen-bond donors (Lipinski definition) is 0. The number of rotatable bonds is 2. The molecule has 1 saturated heterocycles. The van der Waals surface area contributed by atoms with E-state index in [-0.39, 0.29) is 11.8 Å². The Kier molecular flexibility index (Phi) is 3.02. The average Bonchev–Trinajstić information content (AvgIpc) is 2.74. The Balaban J connectivity index is 2.01. The summed E-state index contributed by atoms with van der Waals surface area (Å²) in [7, 11) is 0. The van der Waals surface area contributed by atoms with Gasteiger partial charge in [-0.2, -0.15) is 5.26 Å². The lowest BCUT2D eigenvalue weighted by Gasteiger charge is -2.29. The van der Waals surface area contributed by atoms with Crippen molar-refractivity contribution in [2.75, 3.05) is 6.54 Å². The van der Waals surface area contributed by atoms with Gasteiger partial charge in [0.25, 0.3) is 0 Å². The van der Waals surface area contributed by atoms with Crippen LogP contribution in [0, 0.1) is 17.2 Å². The van der Waals surface area contributed by atoms with Crippen LogP contribution in [0.2, 0.25) is 0 Å². The second-order valence-corrected chi connectivity index (χ2v) is 4.75. The van der Waals surface area contributed by atoms with Crippen molar-refractivity contribution in [3.05, 3.63) is 22.4 Å². The molecule has 78 valence electrons. The van der Waals surface area contributed by atoms with E-state index < -0.39 is 0 Å². The van der Waals surface area contributed by atoms with E-state index in [1.807, 2.05) is 17.5 Å². The van der Waals surface area contributed by atoms with Crippen LogP contribution in [0.4, 0.5) is 0 Å². The second kappa shape index (κ2) is 4.45. The van der Waals surface area contributed by atoms with Gasteiger partial charge in [-0.1, -0.05) is 6.07 Å². The monoisotopic (exact) mass is 220 g/mol. The molecule has 0 radical (unpaired) electrons. The van der Waals surface area contributed by atoms with E-state index in [1.54, 1.807) is 16.2 Å². The summed E-state index contributed by atoms with van der Waals surface area (Å²) in [5, 5.41) is 10.8. The third-order valence-electron chi connectivity index (χ3n) is 2.61. The summed E-state index contributed by atoms with van der Waals surface area (Å²) in [4.78, 5) is 14.6. The lowest BCUT2D eigenvalue weighted by atomic mass is 9.99. The van der Waals surface area contributed by atoms with Gasteiger partial charge in [-0.3, -0.25) is 4.79 Å². The topological polar surface area (TPSA) is 44.1 Å². The summed E-state index contributed by atoms with van der Waals surface area (Å²) in [6, 6.07) is 6.25. The van der Waals surface area contributed by atoms with Crippen LogP contribution in [-0.2, 0) is 11.3 Å². The minimum absolute atomic E-state index is 0.0164.